The lowest BCUT2D eigenvalue weighted by Gasteiger charge is -2.23. The maximum atomic E-state index is 12.1. The predicted octanol–water partition coefficient (Wildman–Crippen LogP) is 4.06. The van der Waals surface area contributed by atoms with Crippen molar-refractivity contribution < 1.29 is 4.21 Å². The first-order valence-corrected chi connectivity index (χ1v) is 6.99. The highest BCUT2D eigenvalue weighted by Gasteiger charge is 2.25. The van der Waals surface area contributed by atoms with Crippen LogP contribution >= 0.6 is 15.9 Å². The van der Waals surface area contributed by atoms with Crippen LogP contribution in [0.4, 0.5) is 0 Å². The summed E-state index contributed by atoms with van der Waals surface area (Å²) in [5.74, 6) is 0. The second-order valence-electron chi connectivity index (χ2n) is 4.60. The Morgan fingerprint density at radius 2 is 1.67 bits per heavy atom. The van der Waals surface area contributed by atoms with Gasteiger partial charge in [0.1, 0.15) is 0 Å². The van der Waals surface area contributed by atoms with Crippen LogP contribution in [0.2, 0.25) is 0 Å². The molecule has 0 amide bonds. The van der Waals surface area contributed by atoms with E-state index in [0.29, 0.717) is 0 Å². The standard InChI is InChI=1S/C12H17BrOS/c1-9(15(14)12(2,3)4)10-5-7-11(13)8-6-10/h5-9H,1-4H3. The largest absolute Gasteiger partial charge is 0.258 e. The Labute approximate surface area is 103 Å². The zero-order valence-electron chi connectivity index (χ0n) is 9.58. The summed E-state index contributed by atoms with van der Waals surface area (Å²) >= 11 is 3.40. The van der Waals surface area contributed by atoms with Crippen molar-refractivity contribution in [3.63, 3.8) is 0 Å². The van der Waals surface area contributed by atoms with Crippen molar-refractivity contribution in [1.29, 1.82) is 0 Å². The summed E-state index contributed by atoms with van der Waals surface area (Å²) in [6.07, 6.45) is 0. The molecule has 3 heteroatoms. The lowest BCUT2D eigenvalue weighted by atomic mass is 10.2. The smallest absolute Gasteiger partial charge is 0.0574 e. The normalized spacial score (nSPS) is 16.1. The van der Waals surface area contributed by atoms with Gasteiger partial charge < -0.3 is 0 Å². The van der Waals surface area contributed by atoms with Crippen molar-refractivity contribution in [1.82, 2.24) is 0 Å². The molecule has 15 heavy (non-hydrogen) atoms. The molecule has 84 valence electrons. The second kappa shape index (κ2) is 4.79. The van der Waals surface area contributed by atoms with Crippen molar-refractivity contribution >= 4 is 26.7 Å². The molecule has 0 aromatic heterocycles. The van der Waals surface area contributed by atoms with Crippen LogP contribution in [-0.2, 0) is 10.8 Å². The van der Waals surface area contributed by atoms with Gasteiger partial charge in [0.05, 0.1) is 5.25 Å². The molecule has 0 heterocycles. The van der Waals surface area contributed by atoms with Crippen LogP contribution in [0.5, 0.6) is 0 Å². The van der Waals surface area contributed by atoms with Crippen molar-refractivity contribution in [2.75, 3.05) is 0 Å². The fraction of sp³-hybridized carbons (Fsp3) is 0.500. The van der Waals surface area contributed by atoms with E-state index in [9.17, 15) is 4.21 Å². The van der Waals surface area contributed by atoms with E-state index in [-0.39, 0.29) is 10.00 Å². The van der Waals surface area contributed by atoms with Gasteiger partial charge in [0.15, 0.2) is 0 Å². The SMILES string of the molecule is CC(c1ccc(Br)cc1)S(=O)C(C)(C)C. The van der Waals surface area contributed by atoms with Gasteiger partial charge in [-0.25, -0.2) is 0 Å². The molecule has 0 aliphatic carbocycles. The minimum Gasteiger partial charge on any atom is -0.258 e. The summed E-state index contributed by atoms with van der Waals surface area (Å²) in [6.45, 7) is 8.06. The zero-order chi connectivity index (χ0) is 11.6. The molecule has 1 aromatic carbocycles. The molecule has 0 N–H and O–H groups in total. The van der Waals surface area contributed by atoms with Crippen molar-refractivity contribution in [3.8, 4) is 0 Å². The molecule has 0 fully saturated rings. The van der Waals surface area contributed by atoms with Gasteiger partial charge in [-0.15, -0.1) is 0 Å². The topological polar surface area (TPSA) is 17.1 Å². The number of rotatable bonds is 2. The minimum absolute atomic E-state index is 0.0816. The maximum absolute atomic E-state index is 12.1. The highest BCUT2D eigenvalue weighted by atomic mass is 79.9. The predicted molar refractivity (Wildman–Crippen MR) is 70.5 cm³/mol. The van der Waals surface area contributed by atoms with Gasteiger partial charge in [-0.3, -0.25) is 4.21 Å². The van der Waals surface area contributed by atoms with Gasteiger partial charge >= 0.3 is 0 Å². The first-order chi connectivity index (χ1) is 6.82. The molecule has 0 aliphatic rings. The Morgan fingerprint density at radius 1 is 1.20 bits per heavy atom. The Bertz CT molecular complexity index is 351. The lowest BCUT2D eigenvalue weighted by Crippen LogP contribution is -2.25. The Balaban J connectivity index is 2.90. The quantitative estimate of drug-likeness (QED) is 0.802. The highest BCUT2D eigenvalue weighted by Crippen LogP contribution is 2.28. The molecule has 0 bridgehead atoms. The van der Waals surface area contributed by atoms with Crippen molar-refractivity contribution in [3.05, 3.63) is 34.3 Å². The summed E-state index contributed by atoms with van der Waals surface area (Å²) in [5, 5.41) is 0.0816. The molecule has 0 spiro atoms. The third-order valence-electron chi connectivity index (χ3n) is 2.26. The molecule has 2 unspecified atom stereocenters. The van der Waals surface area contributed by atoms with Gasteiger partial charge in [0, 0.05) is 20.0 Å². The minimum atomic E-state index is -0.855. The van der Waals surface area contributed by atoms with Crippen LogP contribution in [0.25, 0.3) is 0 Å². The fourth-order valence-corrected chi connectivity index (χ4v) is 3.12. The van der Waals surface area contributed by atoms with E-state index in [1.807, 2.05) is 52.0 Å². The van der Waals surface area contributed by atoms with Crippen molar-refractivity contribution in [2.24, 2.45) is 0 Å². The molecule has 0 radical (unpaired) electrons. The summed E-state index contributed by atoms with van der Waals surface area (Å²) < 4.78 is 13.0. The summed E-state index contributed by atoms with van der Waals surface area (Å²) in [5.41, 5.74) is 1.13. The molecule has 1 rings (SSSR count). The van der Waals surface area contributed by atoms with E-state index >= 15 is 0 Å². The van der Waals surface area contributed by atoms with E-state index in [2.05, 4.69) is 15.9 Å². The highest BCUT2D eigenvalue weighted by molar-refractivity contribution is 9.10. The zero-order valence-corrected chi connectivity index (χ0v) is 12.0. The van der Waals surface area contributed by atoms with Gasteiger partial charge in [0.2, 0.25) is 0 Å². The number of hydrogen-bond donors (Lipinski definition) is 0. The van der Waals surface area contributed by atoms with Gasteiger partial charge in [-0.2, -0.15) is 0 Å². The number of benzene rings is 1. The van der Waals surface area contributed by atoms with Crippen LogP contribution in [-0.4, -0.2) is 8.96 Å². The van der Waals surface area contributed by atoms with E-state index in [4.69, 9.17) is 0 Å². The van der Waals surface area contributed by atoms with Crippen LogP contribution in [0, 0.1) is 0 Å². The van der Waals surface area contributed by atoms with Crippen LogP contribution in [0.15, 0.2) is 28.7 Å². The lowest BCUT2D eigenvalue weighted by molar-refractivity contribution is 0.640. The molecule has 0 aliphatic heterocycles. The Morgan fingerprint density at radius 3 is 2.07 bits per heavy atom. The van der Waals surface area contributed by atoms with Gasteiger partial charge in [-0.1, -0.05) is 28.1 Å². The van der Waals surface area contributed by atoms with E-state index in [1.54, 1.807) is 0 Å². The average Bonchev–Trinajstić information content (AvgIpc) is 2.15. The van der Waals surface area contributed by atoms with E-state index < -0.39 is 10.8 Å². The van der Waals surface area contributed by atoms with Crippen LogP contribution in [0.1, 0.15) is 38.5 Å². The first-order valence-electron chi connectivity index (χ1n) is 4.98. The van der Waals surface area contributed by atoms with Crippen molar-refractivity contribution in [2.45, 2.75) is 37.7 Å². The molecular weight excluding hydrogens is 272 g/mol. The average molecular weight is 289 g/mol. The molecule has 1 nitrogen and oxygen atoms in total. The first kappa shape index (κ1) is 12.9. The van der Waals surface area contributed by atoms with Gasteiger partial charge in [-0.05, 0) is 45.4 Å². The Kier molecular flexibility index (Phi) is 4.13. The Hall–Kier alpha value is -0.150. The van der Waals surface area contributed by atoms with E-state index in [1.165, 1.54) is 0 Å². The van der Waals surface area contributed by atoms with Crippen LogP contribution < -0.4 is 0 Å². The fourth-order valence-electron chi connectivity index (χ4n) is 1.39. The number of hydrogen-bond acceptors (Lipinski definition) is 1. The van der Waals surface area contributed by atoms with E-state index in [0.717, 1.165) is 10.0 Å². The second-order valence-corrected chi connectivity index (χ2v) is 8.05. The number of halogens is 1. The molecule has 0 saturated heterocycles. The summed E-state index contributed by atoms with van der Waals surface area (Å²) in [4.78, 5) is 0. The third kappa shape index (κ3) is 3.42. The molecule has 0 saturated carbocycles. The monoisotopic (exact) mass is 288 g/mol. The summed E-state index contributed by atoms with van der Waals surface area (Å²) in [6, 6.07) is 8.04. The molecule has 2 atom stereocenters. The maximum Gasteiger partial charge on any atom is 0.0574 e. The third-order valence-corrected chi connectivity index (χ3v) is 4.91. The molecular formula is C12H17BrOS. The molecule has 1 aromatic rings. The van der Waals surface area contributed by atoms with Gasteiger partial charge in [0.25, 0.3) is 0 Å². The van der Waals surface area contributed by atoms with Crippen LogP contribution in [0.3, 0.4) is 0 Å². The summed E-state index contributed by atoms with van der Waals surface area (Å²) in [7, 11) is -0.855.